The molecule has 8 heteroatoms. The Bertz CT molecular complexity index is 1210. The number of imidazole rings is 1. The first kappa shape index (κ1) is 23.4. The molecule has 3 N–H and O–H groups in total. The Balaban J connectivity index is 1.37. The third kappa shape index (κ3) is 6.17. The van der Waals surface area contributed by atoms with Gasteiger partial charge in [-0.1, -0.05) is 30.3 Å². The second kappa shape index (κ2) is 11.4. The first-order chi connectivity index (χ1) is 16.6. The number of fused-ring (bicyclic) bond motifs is 1. The van der Waals surface area contributed by atoms with E-state index >= 15 is 0 Å². The number of hydrogen-bond acceptors (Lipinski definition) is 5. The highest BCUT2D eigenvalue weighted by Gasteiger charge is 2.21. The minimum Gasteiger partial charge on any atom is -0.484 e. The monoisotopic (exact) mass is 474 g/mol. The normalized spacial score (nSPS) is 11.7. The summed E-state index contributed by atoms with van der Waals surface area (Å²) in [7, 11) is 0. The predicted octanol–water partition coefficient (Wildman–Crippen LogP) is 4.49. The SMILES string of the molecule is CSCCC(NC(=O)COc1ccccc1)C(=O)Nc1ccc(-c2nc3ccccc3[nH]2)cc1. The van der Waals surface area contributed by atoms with E-state index in [1.165, 1.54) is 0 Å². The molecule has 2 amide bonds. The summed E-state index contributed by atoms with van der Waals surface area (Å²) in [6, 6.07) is 23.7. The number of anilines is 1. The van der Waals surface area contributed by atoms with E-state index in [0.717, 1.165) is 28.2 Å². The number of rotatable bonds is 10. The number of hydrogen-bond donors (Lipinski definition) is 3. The summed E-state index contributed by atoms with van der Waals surface area (Å²) in [5, 5.41) is 5.69. The summed E-state index contributed by atoms with van der Waals surface area (Å²) in [6.45, 7) is -0.154. The molecule has 1 heterocycles. The molecule has 4 rings (SSSR count). The maximum Gasteiger partial charge on any atom is 0.258 e. The molecular weight excluding hydrogens is 448 g/mol. The molecule has 1 unspecified atom stereocenters. The van der Waals surface area contributed by atoms with E-state index in [1.807, 2.05) is 73.0 Å². The number of thioether (sulfide) groups is 1. The van der Waals surface area contributed by atoms with E-state index in [9.17, 15) is 9.59 Å². The molecule has 0 aliphatic rings. The standard InChI is InChI=1S/C26H26N4O3S/c1-34-16-15-23(28-24(31)17-33-20-7-3-2-4-8-20)26(32)27-19-13-11-18(12-14-19)25-29-21-9-5-6-10-22(21)30-25/h2-14,23H,15-17H2,1H3,(H,27,32)(H,28,31)(H,29,30). The molecule has 1 aromatic heterocycles. The van der Waals surface area contributed by atoms with Crippen LogP contribution in [0.25, 0.3) is 22.4 Å². The zero-order valence-corrected chi connectivity index (χ0v) is 19.6. The Morgan fingerprint density at radius 2 is 1.74 bits per heavy atom. The minimum absolute atomic E-state index is 0.154. The van der Waals surface area contributed by atoms with E-state index < -0.39 is 6.04 Å². The fraction of sp³-hybridized carbons (Fsp3) is 0.192. The first-order valence-electron chi connectivity index (χ1n) is 10.9. The van der Waals surface area contributed by atoms with Crippen LogP contribution in [0.2, 0.25) is 0 Å². The first-order valence-corrected chi connectivity index (χ1v) is 12.3. The topological polar surface area (TPSA) is 96.1 Å². The maximum atomic E-state index is 12.9. The summed E-state index contributed by atoms with van der Waals surface area (Å²) in [5.74, 6) is 1.50. The van der Waals surface area contributed by atoms with Crippen LogP contribution in [0, 0.1) is 0 Å². The molecule has 3 aromatic carbocycles. The Morgan fingerprint density at radius 3 is 2.47 bits per heavy atom. The third-order valence-corrected chi connectivity index (χ3v) is 5.83. The van der Waals surface area contributed by atoms with Crippen LogP contribution in [0.3, 0.4) is 0 Å². The zero-order chi connectivity index (χ0) is 23.8. The number of benzene rings is 3. The van der Waals surface area contributed by atoms with Gasteiger partial charge in [-0.2, -0.15) is 11.8 Å². The third-order valence-electron chi connectivity index (χ3n) is 5.19. The van der Waals surface area contributed by atoms with Crippen LogP contribution in [0.5, 0.6) is 5.75 Å². The molecule has 0 radical (unpaired) electrons. The Kier molecular flexibility index (Phi) is 7.83. The number of nitrogens with zero attached hydrogens (tertiary/aromatic N) is 1. The summed E-state index contributed by atoms with van der Waals surface area (Å²) in [5.41, 5.74) is 3.44. The van der Waals surface area contributed by atoms with Gasteiger partial charge in [0.05, 0.1) is 11.0 Å². The molecule has 0 saturated carbocycles. The second-order valence-corrected chi connectivity index (χ2v) is 8.66. The van der Waals surface area contributed by atoms with Crippen molar-refractivity contribution in [1.29, 1.82) is 0 Å². The number of nitrogens with one attached hydrogen (secondary N) is 3. The van der Waals surface area contributed by atoms with Gasteiger partial charge in [0.25, 0.3) is 5.91 Å². The Morgan fingerprint density at radius 1 is 1.00 bits per heavy atom. The van der Waals surface area contributed by atoms with Crippen molar-refractivity contribution in [2.45, 2.75) is 12.5 Å². The highest BCUT2D eigenvalue weighted by Crippen LogP contribution is 2.22. The van der Waals surface area contributed by atoms with Crippen LogP contribution >= 0.6 is 11.8 Å². The highest BCUT2D eigenvalue weighted by atomic mass is 32.2. The van der Waals surface area contributed by atoms with Crippen LogP contribution < -0.4 is 15.4 Å². The van der Waals surface area contributed by atoms with E-state index in [1.54, 1.807) is 23.9 Å². The van der Waals surface area contributed by atoms with Gasteiger partial charge in [-0.25, -0.2) is 4.98 Å². The lowest BCUT2D eigenvalue weighted by atomic mass is 10.1. The summed E-state index contributed by atoms with van der Waals surface area (Å²) in [6.07, 6.45) is 2.48. The fourth-order valence-corrected chi connectivity index (χ4v) is 3.91. The van der Waals surface area contributed by atoms with Crippen molar-refractivity contribution in [1.82, 2.24) is 15.3 Å². The van der Waals surface area contributed by atoms with E-state index in [-0.39, 0.29) is 18.4 Å². The van der Waals surface area contributed by atoms with Crippen molar-refractivity contribution in [2.75, 3.05) is 23.9 Å². The summed E-state index contributed by atoms with van der Waals surface area (Å²) in [4.78, 5) is 33.2. The maximum absolute atomic E-state index is 12.9. The molecule has 7 nitrogen and oxygen atoms in total. The van der Waals surface area contributed by atoms with Crippen LogP contribution in [-0.4, -0.2) is 46.4 Å². The van der Waals surface area contributed by atoms with Crippen molar-refractivity contribution >= 4 is 40.3 Å². The molecule has 0 saturated heterocycles. The fourth-order valence-electron chi connectivity index (χ4n) is 3.44. The Hall–Kier alpha value is -3.78. The van der Waals surface area contributed by atoms with Gasteiger partial charge in [0.1, 0.15) is 17.6 Å². The molecule has 0 aliphatic carbocycles. The molecule has 0 fully saturated rings. The van der Waals surface area contributed by atoms with Crippen LogP contribution in [0.15, 0.2) is 78.9 Å². The van der Waals surface area contributed by atoms with Crippen molar-refractivity contribution in [3.63, 3.8) is 0 Å². The minimum atomic E-state index is -0.658. The zero-order valence-electron chi connectivity index (χ0n) is 18.8. The van der Waals surface area contributed by atoms with Gasteiger partial charge in [0.2, 0.25) is 5.91 Å². The average Bonchev–Trinajstić information content (AvgIpc) is 3.30. The smallest absolute Gasteiger partial charge is 0.258 e. The van der Waals surface area contributed by atoms with E-state index in [4.69, 9.17) is 4.74 Å². The second-order valence-electron chi connectivity index (χ2n) is 7.67. The number of amides is 2. The summed E-state index contributed by atoms with van der Waals surface area (Å²) >= 11 is 1.62. The van der Waals surface area contributed by atoms with Crippen LogP contribution in [0.4, 0.5) is 5.69 Å². The lowest BCUT2D eigenvalue weighted by molar-refractivity contribution is -0.127. The van der Waals surface area contributed by atoms with Gasteiger partial charge in [-0.15, -0.1) is 0 Å². The molecule has 0 aliphatic heterocycles. The van der Waals surface area contributed by atoms with Crippen molar-refractivity contribution < 1.29 is 14.3 Å². The van der Waals surface area contributed by atoms with Crippen molar-refractivity contribution in [3.05, 3.63) is 78.9 Å². The molecule has 1 atom stereocenters. The molecule has 0 bridgehead atoms. The average molecular weight is 475 g/mol. The number of ether oxygens (including phenoxy) is 1. The lowest BCUT2D eigenvalue weighted by Gasteiger charge is -2.18. The van der Waals surface area contributed by atoms with Crippen molar-refractivity contribution in [3.8, 4) is 17.1 Å². The van der Waals surface area contributed by atoms with Gasteiger partial charge in [0.15, 0.2) is 6.61 Å². The van der Waals surface area contributed by atoms with Crippen molar-refractivity contribution in [2.24, 2.45) is 0 Å². The van der Waals surface area contributed by atoms with Crippen LogP contribution in [-0.2, 0) is 9.59 Å². The number of carbonyl (C=O) groups is 2. The number of carbonyl (C=O) groups excluding carboxylic acids is 2. The predicted molar refractivity (Wildman–Crippen MR) is 137 cm³/mol. The van der Waals surface area contributed by atoms with E-state index in [0.29, 0.717) is 17.9 Å². The van der Waals surface area contributed by atoms with Gasteiger partial charge in [0, 0.05) is 11.3 Å². The van der Waals surface area contributed by atoms with Gasteiger partial charge in [-0.05, 0) is 67.0 Å². The molecule has 174 valence electrons. The van der Waals surface area contributed by atoms with Gasteiger partial charge in [-0.3, -0.25) is 9.59 Å². The number of aromatic nitrogens is 2. The quantitative estimate of drug-likeness (QED) is 0.315. The van der Waals surface area contributed by atoms with Crippen LogP contribution in [0.1, 0.15) is 6.42 Å². The molecule has 4 aromatic rings. The molecule has 34 heavy (non-hydrogen) atoms. The lowest BCUT2D eigenvalue weighted by Crippen LogP contribution is -2.45. The van der Waals surface area contributed by atoms with Gasteiger partial charge >= 0.3 is 0 Å². The number of para-hydroxylation sites is 3. The molecular formula is C26H26N4O3S. The largest absolute Gasteiger partial charge is 0.484 e. The van der Waals surface area contributed by atoms with Gasteiger partial charge < -0.3 is 20.4 Å². The highest BCUT2D eigenvalue weighted by molar-refractivity contribution is 7.98. The molecule has 0 spiro atoms. The Labute approximate surface area is 202 Å². The number of H-pyrrole nitrogens is 1. The van der Waals surface area contributed by atoms with E-state index in [2.05, 4.69) is 20.6 Å². The number of aromatic amines is 1. The summed E-state index contributed by atoms with van der Waals surface area (Å²) < 4.78 is 5.49.